The molecule has 3 nitrogen and oxygen atoms in total. The van der Waals surface area contributed by atoms with Gasteiger partial charge in [0.15, 0.2) is 0 Å². The van der Waals surface area contributed by atoms with Gasteiger partial charge in [0.05, 0.1) is 6.10 Å². The van der Waals surface area contributed by atoms with Gasteiger partial charge in [-0.25, -0.2) is 0 Å². The molecule has 1 aliphatic rings. The first-order valence-electron chi connectivity index (χ1n) is 5.20. The second-order valence-corrected chi connectivity index (χ2v) is 4.35. The van der Waals surface area contributed by atoms with Crippen molar-refractivity contribution in [1.82, 2.24) is 10.3 Å². The van der Waals surface area contributed by atoms with Gasteiger partial charge in [0.25, 0.3) is 0 Å². The second kappa shape index (κ2) is 4.81. The summed E-state index contributed by atoms with van der Waals surface area (Å²) in [6.07, 6.45) is 5.85. The van der Waals surface area contributed by atoms with Crippen LogP contribution in [0.3, 0.4) is 0 Å². The van der Waals surface area contributed by atoms with Gasteiger partial charge in [-0.1, -0.05) is 11.6 Å². The van der Waals surface area contributed by atoms with Crippen molar-refractivity contribution in [2.75, 3.05) is 13.6 Å². The van der Waals surface area contributed by atoms with E-state index in [1.54, 1.807) is 12.4 Å². The van der Waals surface area contributed by atoms with Crippen LogP contribution in [0.1, 0.15) is 12.8 Å². The molecule has 82 valence electrons. The number of pyridine rings is 1. The maximum absolute atomic E-state index is 5.95. The van der Waals surface area contributed by atoms with Crippen LogP contribution in [0.4, 0.5) is 0 Å². The van der Waals surface area contributed by atoms with Crippen LogP contribution in [0.25, 0.3) is 0 Å². The minimum atomic E-state index is 0.322. The van der Waals surface area contributed by atoms with Crippen molar-refractivity contribution < 1.29 is 4.74 Å². The summed E-state index contributed by atoms with van der Waals surface area (Å²) in [5.41, 5.74) is 0. The molecule has 1 aromatic heterocycles. The molecule has 1 aliphatic carbocycles. The molecule has 0 radical (unpaired) electrons. The standard InChI is InChI=1S/C11H15ClN2O/c1-13-6-8-4-9(5-8)15-11-2-3-14-7-10(11)12/h2-3,7-9,13H,4-6H2,1H3. The zero-order valence-electron chi connectivity index (χ0n) is 8.74. The maximum Gasteiger partial charge on any atom is 0.141 e. The predicted octanol–water partition coefficient (Wildman–Crippen LogP) is 2.11. The Balaban J connectivity index is 1.82. The highest BCUT2D eigenvalue weighted by atomic mass is 35.5. The summed E-state index contributed by atoms with van der Waals surface area (Å²) >= 11 is 5.95. The van der Waals surface area contributed by atoms with Crippen LogP contribution in [0.2, 0.25) is 5.02 Å². The van der Waals surface area contributed by atoms with E-state index in [1.807, 2.05) is 13.1 Å². The number of rotatable bonds is 4. The van der Waals surface area contributed by atoms with E-state index >= 15 is 0 Å². The molecule has 0 aromatic carbocycles. The summed E-state index contributed by atoms with van der Waals surface area (Å²) in [4.78, 5) is 3.92. The van der Waals surface area contributed by atoms with Gasteiger partial charge < -0.3 is 10.1 Å². The first-order chi connectivity index (χ1) is 7.29. The number of halogens is 1. The van der Waals surface area contributed by atoms with E-state index < -0.39 is 0 Å². The average Bonchev–Trinajstić information content (AvgIpc) is 2.18. The van der Waals surface area contributed by atoms with Crippen molar-refractivity contribution in [2.24, 2.45) is 5.92 Å². The lowest BCUT2D eigenvalue weighted by Crippen LogP contribution is -2.38. The van der Waals surface area contributed by atoms with Crippen LogP contribution < -0.4 is 10.1 Å². The van der Waals surface area contributed by atoms with E-state index in [9.17, 15) is 0 Å². The lowest BCUT2D eigenvalue weighted by atomic mass is 9.82. The molecule has 0 aliphatic heterocycles. The van der Waals surface area contributed by atoms with Gasteiger partial charge in [0.1, 0.15) is 10.8 Å². The Morgan fingerprint density at radius 3 is 3.07 bits per heavy atom. The van der Waals surface area contributed by atoms with E-state index in [2.05, 4.69) is 10.3 Å². The number of aromatic nitrogens is 1. The molecule has 1 N–H and O–H groups in total. The van der Waals surface area contributed by atoms with Crippen molar-refractivity contribution in [2.45, 2.75) is 18.9 Å². The first-order valence-corrected chi connectivity index (χ1v) is 5.58. The number of hydrogen-bond donors (Lipinski definition) is 1. The number of hydrogen-bond acceptors (Lipinski definition) is 3. The topological polar surface area (TPSA) is 34.1 Å². The molecule has 0 unspecified atom stereocenters. The Hall–Kier alpha value is -0.800. The molecule has 15 heavy (non-hydrogen) atoms. The van der Waals surface area contributed by atoms with E-state index in [0.717, 1.165) is 31.1 Å². The molecule has 1 fully saturated rings. The van der Waals surface area contributed by atoms with Crippen LogP contribution in [0.5, 0.6) is 5.75 Å². The van der Waals surface area contributed by atoms with Gasteiger partial charge in [-0.15, -0.1) is 0 Å². The normalized spacial score (nSPS) is 24.7. The Morgan fingerprint density at radius 1 is 1.60 bits per heavy atom. The van der Waals surface area contributed by atoms with E-state index in [4.69, 9.17) is 16.3 Å². The number of nitrogens with one attached hydrogen (secondary N) is 1. The monoisotopic (exact) mass is 226 g/mol. The first kappa shape index (κ1) is 10.7. The molecule has 1 saturated carbocycles. The highest BCUT2D eigenvalue weighted by Gasteiger charge is 2.30. The van der Waals surface area contributed by atoms with Crippen LogP contribution in [0, 0.1) is 5.92 Å². The molecule has 0 bridgehead atoms. The minimum absolute atomic E-state index is 0.322. The quantitative estimate of drug-likeness (QED) is 0.854. The smallest absolute Gasteiger partial charge is 0.141 e. The number of ether oxygens (including phenoxy) is 1. The third-order valence-electron chi connectivity index (χ3n) is 2.71. The van der Waals surface area contributed by atoms with Crippen molar-refractivity contribution >= 4 is 11.6 Å². The van der Waals surface area contributed by atoms with Crippen LogP contribution in [-0.4, -0.2) is 24.7 Å². The van der Waals surface area contributed by atoms with Crippen molar-refractivity contribution in [3.8, 4) is 5.75 Å². The highest BCUT2D eigenvalue weighted by molar-refractivity contribution is 6.31. The van der Waals surface area contributed by atoms with Gasteiger partial charge in [-0.3, -0.25) is 4.98 Å². The summed E-state index contributed by atoms with van der Waals surface area (Å²) in [7, 11) is 1.98. The predicted molar refractivity (Wildman–Crippen MR) is 60.3 cm³/mol. The minimum Gasteiger partial charge on any atom is -0.489 e. The summed E-state index contributed by atoms with van der Waals surface area (Å²) in [6, 6.07) is 1.81. The fraction of sp³-hybridized carbons (Fsp3) is 0.545. The van der Waals surface area contributed by atoms with Crippen LogP contribution in [0.15, 0.2) is 18.5 Å². The largest absolute Gasteiger partial charge is 0.489 e. The zero-order chi connectivity index (χ0) is 10.7. The van der Waals surface area contributed by atoms with E-state index in [1.165, 1.54) is 0 Å². The molecule has 2 rings (SSSR count). The van der Waals surface area contributed by atoms with Gasteiger partial charge >= 0.3 is 0 Å². The lowest BCUT2D eigenvalue weighted by Gasteiger charge is -2.35. The second-order valence-electron chi connectivity index (χ2n) is 3.94. The third kappa shape index (κ3) is 2.61. The molecular formula is C11H15ClN2O. The van der Waals surface area contributed by atoms with Crippen LogP contribution in [-0.2, 0) is 0 Å². The SMILES string of the molecule is CNCC1CC(Oc2ccncc2Cl)C1. The van der Waals surface area contributed by atoms with Gasteiger partial charge in [-0.2, -0.15) is 0 Å². The molecule has 1 heterocycles. The number of nitrogens with zero attached hydrogens (tertiary/aromatic N) is 1. The highest BCUT2D eigenvalue weighted by Crippen LogP contribution is 2.33. The summed E-state index contributed by atoms with van der Waals surface area (Å²) in [5.74, 6) is 1.50. The Bertz CT molecular complexity index is 326. The third-order valence-corrected chi connectivity index (χ3v) is 3.00. The summed E-state index contributed by atoms with van der Waals surface area (Å²) < 4.78 is 5.76. The van der Waals surface area contributed by atoms with Gasteiger partial charge in [0, 0.05) is 18.5 Å². The zero-order valence-corrected chi connectivity index (χ0v) is 9.50. The van der Waals surface area contributed by atoms with Crippen molar-refractivity contribution in [1.29, 1.82) is 0 Å². The fourth-order valence-corrected chi connectivity index (χ4v) is 2.03. The van der Waals surface area contributed by atoms with Gasteiger partial charge in [0.2, 0.25) is 0 Å². The summed E-state index contributed by atoms with van der Waals surface area (Å²) in [5, 5.41) is 3.77. The molecular weight excluding hydrogens is 212 g/mol. The molecule has 4 heteroatoms. The Kier molecular flexibility index (Phi) is 3.44. The van der Waals surface area contributed by atoms with Crippen LogP contribution >= 0.6 is 11.6 Å². The van der Waals surface area contributed by atoms with E-state index in [-0.39, 0.29) is 0 Å². The molecule has 0 atom stereocenters. The van der Waals surface area contributed by atoms with E-state index in [0.29, 0.717) is 11.1 Å². The molecule has 0 saturated heterocycles. The average molecular weight is 227 g/mol. The Morgan fingerprint density at radius 2 is 2.40 bits per heavy atom. The summed E-state index contributed by atoms with van der Waals surface area (Å²) in [6.45, 7) is 1.07. The maximum atomic E-state index is 5.95. The molecule has 1 aromatic rings. The molecule has 0 amide bonds. The Labute approximate surface area is 94.8 Å². The lowest BCUT2D eigenvalue weighted by molar-refractivity contribution is 0.0657. The van der Waals surface area contributed by atoms with Gasteiger partial charge in [-0.05, 0) is 32.4 Å². The fourth-order valence-electron chi connectivity index (χ4n) is 1.86. The van der Waals surface area contributed by atoms with Crippen molar-refractivity contribution in [3.05, 3.63) is 23.5 Å². The molecule has 0 spiro atoms. The van der Waals surface area contributed by atoms with Crippen molar-refractivity contribution in [3.63, 3.8) is 0 Å².